The van der Waals surface area contributed by atoms with Gasteiger partial charge in [-0.25, -0.2) is 0 Å². The van der Waals surface area contributed by atoms with Crippen LogP contribution in [0.5, 0.6) is 0 Å². The Morgan fingerprint density at radius 1 is 1.25 bits per heavy atom. The van der Waals surface area contributed by atoms with E-state index in [0.29, 0.717) is 18.0 Å². The summed E-state index contributed by atoms with van der Waals surface area (Å²) in [5, 5.41) is 0. The number of benzene rings is 1. The summed E-state index contributed by atoms with van der Waals surface area (Å²) in [6.45, 7) is 5.36. The lowest BCUT2D eigenvalue weighted by Gasteiger charge is -2.28. The van der Waals surface area contributed by atoms with E-state index < -0.39 is 11.7 Å². The van der Waals surface area contributed by atoms with Gasteiger partial charge in [0.25, 0.3) is 0 Å². The Balaban J connectivity index is 2.89. The van der Waals surface area contributed by atoms with E-state index in [-0.39, 0.29) is 6.04 Å². The van der Waals surface area contributed by atoms with Crippen molar-refractivity contribution in [3.8, 4) is 0 Å². The van der Waals surface area contributed by atoms with Crippen molar-refractivity contribution < 1.29 is 13.2 Å². The van der Waals surface area contributed by atoms with E-state index in [4.69, 9.17) is 5.73 Å². The maximum atomic E-state index is 12.7. The molecule has 0 amide bonds. The first-order chi connectivity index (χ1) is 9.25. The monoisotopic (exact) mass is 288 g/mol. The topological polar surface area (TPSA) is 29.3 Å². The first kappa shape index (κ1) is 17.0. The van der Waals surface area contributed by atoms with Crippen molar-refractivity contribution in [2.45, 2.75) is 32.5 Å². The number of rotatable bonds is 6. The van der Waals surface area contributed by atoms with E-state index in [1.54, 1.807) is 6.07 Å². The number of hydrogen-bond acceptors (Lipinski definition) is 2. The normalized spacial score (nSPS) is 14.1. The van der Waals surface area contributed by atoms with Gasteiger partial charge in [0, 0.05) is 12.6 Å². The lowest BCUT2D eigenvalue weighted by Crippen LogP contribution is -2.32. The van der Waals surface area contributed by atoms with Gasteiger partial charge < -0.3 is 5.73 Å². The fourth-order valence-electron chi connectivity index (χ4n) is 2.11. The summed E-state index contributed by atoms with van der Waals surface area (Å²) in [6.07, 6.45) is -3.32. The molecule has 1 atom stereocenters. The first-order valence-electron chi connectivity index (χ1n) is 6.83. The molecule has 20 heavy (non-hydrogen) atoms. The number of nitrogens with zero attached hydrogens (tertiary/aromatic N) is 1. The van der Waals surface area contributed by atoms with Crippen LogP contribution in [0.25, 0.3) is 0 Å². The Bertz CT molecular complexity index is 416. The summed E-state index contributed by atoms with van der Waals surface area (Å²) in [4.78, 5) is 2.02. The van der Waals surface area contributed by atoms with Crippen LogP contribution in [0.4, 0.5) is 13.2 Å². The highest BCUT2D eigenvalue weighted by Gasteiger charge is 2.31. The summed E-state index contributed by atoms with van der Waals surface area (Å²) < 4.78 is 38.2. The Hall–Kier alpha value is -1.07. The third kappa shape index (κ3) is 4.80. The number of likely N-dealkylation sites (N-methyl/N-ethyl adjacent to an activating group) is 1. The quantitative estimate of drug-likeness (QED) is 0.865. The van der Waals surface area contributed by atoms with Crippen LogP contribution in [-0.2, 0) is 6.18 Å². The molecule has 0 heterocycles. The van der Waals surface area contributed by atoms with Crippen molar-refractivity contribution in [1.82, 2.24) is 4.90 Å². The molecule has 0 saturated carbocycles. The lowest BCUT2D eigenvalue weighted by atomic mass is 10.0. The zero-order chi connectivity index (χ0) is 15.3. The molecule has 0 fully saturated rings. The van der Waals surface area contributed by atoms with Crippen LogP contribution in [0.1, 0.15) is 37.4 Å². The molecular formula is C15H23F3N2. The second-order valence-electron chi connectivity index (χ2n) is 5.54. The highest BCUT2D eigenvalue weighted by atomic mass is 19.4. The van der Waals surface area contributed by atoms with Crippen LogP contribution < -0.4 is 5.73 Å². The smallest absolute Gasteiger partial charge is 0.329 e. The second kappa shape index (κ2) is 7.09. The van der Waals surface area contributed by atoms with Gasteiger partial charge in [-0.05, 0) is 43.6 Å². The van der Waals surface area contributed by atoms with Gasteiger partial charge in [-0.1, -0.05) is 26.0 Å². The third-order valence-electron chi connectivity index (χ3n) is 3.41. The van der Waals surface area contributed by atoms with Gasteiger partial charge in [0.05, 0.1) is 5.56 Å². The minimum Gasteiger partial charge on any atom is -0.329 e. The molecule has 1 rings (SSSR count). The van der Waals surface area contributed by atoms with Crippen molar-refractivity contribution >= 4 is 0 Å². The van der Waals surface area contributed by atoms with Gasteiger partial charge in [-0.3, -0.25) is 4.90 Å². The molecule has 0 saturated heterocycles. The van der Waals surface area contributed by atoms with E-state index >= 15 is 0 Å². The van der Waals surface area contributed by atoms with Crippen LogP contribution in [0.3, 0.4) is 0 Å². The van der Waals surface area contributed by atoms with Crippen LogP contribution in [0.2, 0.25) is 0 Å². The molecule has 0 aliphatic rings. The fraction of sp³-hybridized carbons (Fsp3) is 0.600. The zero-order valence-electron chi connectivity index (χ0n) is 12.2. The highest BCUT2D eigenvalue weighted by Crippen LogP contribution is 2.31. The maximum Gasteiger partial charge on any atom is 0.416 e. The Morgan fingerprint density at radius 2 is 1.90 bits per heavy atom. The summed E-state index contributed by atoms with van der Waals surface area (Å²) >= 11 is 0. The van der Waals surface area contributed by atoms with E-state index in [2.05, 4.69) is 13.8 Å². The third-order valence-corrected chi connectivity index (χ3v) is 3.41. The fourth-order valence-corrected chi connectivity index (χ4v) is 2.11. The van der Waals surface area contributed by atoms with Gasteiger partial charge in [0.15, 0.2) is 0 Å². The lowest BCUT2D eigenvalue weighted by molar-refractivity contribution is -0.137. The van der Waals surface area contributed by atoms with Gasteiger partial charge in [0.1, 0.15) is 0 Å². The Morgan fingerprint density at radius 3 is 2.40 bits per heavy atom. The maximum absolute atomic E-state index is 12.7. The molecule has 0 radical (unpaired) electrons. The molecule has 0 aliphatic carbocycles. The Kier molecular flexibility index (Phi) is 6.02. The molecule has 0 aliphatic heterocycles. The zero-order valence-corrected chi connectivity index (χ0v) is 12.2. The number of alkyl halides is 3. The highest BCUT2D eigenvalue weighted by molar-refractivity contribution is 5.28. The van der Waals surface area contributed by atoms with Crippen molar-refractivity contribution in [2.75, 3.05) is 20.1 Å². The molecule has 114 valence electrons. The average Bonchev–Trinajstić information content (AvgIpc) is 2.36. The summed E-state index contributed by atoms with van der Waals surface area (Å²) in [5.41, 5.74) is 5.75. The molecule has 1 aromatic carbocycles. The molecule has 2 nitrogen and oxygen atoms in total. The summed E-state index contributed by atoms with van der Waals surface area (Å²) in [6, 6.07) is 5.25. The van der Waals surface area contributed by atoms with Gasteiger partial charge in [-0.15, -0.1) is 0 Å². The predicted octanol–water partition coefficient (Wildman–Crippen LogP) is 3.68. The van der Waals surface area contributed by atoms with E-state index in [9.17, 15) is 13.2 Å². The Labute approximate surface area is 118 Å². The van der Waals surface area contributed by atoms with E-state index in [1.165, 1.54) is 12.1 Å². The number of nitrogens with two attached hydrogens (primary N) is 1. The molecule has 1 unspecified atom stereocenters. The van der Waals surface area contributed by atoms with Gasteiger partial charge in [0.2, 0.25) is 0 Å². The molecule has 0 spiro atoms. The van der Waals surface area contributed by atoms with Crippen LogP contribution >= 0.6 is 0 Å². The molecule has 2 N–H and O–H groups in total. The molecular weight excluding hydrogens is 265 g/mol. The van der Waals surface area contributed by atoms with Crippen molar-refractivity contribution in [1.29, 1.82) is 0 Å². The van der Waals surface area contributed by atoms with Crippen molar-refractivity contribution in [3.63, 3.8) is 0 Å². The first-order valence-corrected chi connectivity index (χ1v) is 6.83. The minimum atomic E-state index is -4.31. The van der Waals surface area contributed by atoms with Crippen molar-refractivity contribution in [3.05, 3.63) is 35.4 Å². The molecule has 1 aromatic rings. The van der Waals surface area contributed by atoms with Crippen LogP contribution in [0.15, 0.2) is 24.3 Å². The average molecular weight is 288 g/mol. The number of hydrogen-bond donors (Lipinski definition) is 1. The van der Waals surface area contributed by atoms with Crippen LogP contribution in [0, 0.1) is 5.92 Å². The molecule has 0 aromatic heterocycles. The molecule has 5 heteroatoms. The van der Waals surface area contributed by atoms with E-state index in [0.717, 1.165) is 19.0 Å². The van der Waals surface area contributed by atoms with Gasteiger partial charge in [-0.2, -0.15) is 13.2 Å². The SMILES string of the molecule is CC(C)CCN(C)C(CN)c1cccc(C(F)(F)F)c1. The van der Waals surface area contributed by atoms with Crippen molar-refractivity contribution in [2.24, 2.45) is 11.7 Å². The summed E-state index contributed by atoms with van der Waals surface area (Å²) in [5.74, 6) is 0.553. The van der Waals surface area contributed by atoms with Gasteiger partial charge >= 0.3 is 6.18 Å². The number of halogens is 3. The standard InChI is InChI=1S/C15H23F3N2/c1-11(2)7-8-20(3)14(10-19)12-5-4-6-13(9-12)15(16,17)18/h4-6,9,11,14H,7-8,10,19H2,1-3H3. The van der Waals surface area contributed by atoms with Crippen LogP contribution in [-0.4, -0.2) is 25.0 Å². The van der Waals surface area contributed by atoms with E-state index in [1.807, 2.05) is 11.9 Å². The minimum absolute atomic E-state index is 0.184. The predicted molar refractivity (Wildman–Crippen MR) is 75.3 cm³/mol. The molecule has 0 bridgehead atoms. The largest absolute Gasteiger partial charge is 0.416 e. The summed E-state index contributed by atoms with van der Waals surface area (Å²) in [7, 11) is 1.90. The second-order valence-corrected chi connectivity index (χ2v) is 5.54.